The Morgan fingerprint density at radius 2 is 2.08 bits per heavy atom. The molecule has 0 bridgehead atoms. The summed E-state index contributed by atoms with van der Waals surface area (Å²) in [5.41, 5.74) is 7.69. The number of anilines is 1. The number of benzene rings is 1. The molecule has 0 saturated heterocycles. The van der Waals surface area contributed by atoms with Crippen molar-refractivity contribution in [1.29, 1.82) is 0 Å². The lowest BCUT2D eigenvalue weighted by atomic mass is 10.1. The lowest BCUT2D eigenvalue weighted by Gasteiger charge is -2.14. The Morgan fingerprint density at radius 1 is 1.27 bits per heavy atom. The number of ether oxygens (including phenoxy) is 2. The van der Waals surface area contributed by atoms with Gasteiger partial charge in [-0.05, 0) is 44.2 Å². The molecule has 0 spiro atoms. The van der Waals surface area contributed by atoms with Gasteiger partial charge in [-0.3, -0.25) is 9.78 Å². The van der Waals surface area contributed by atoms with Crippen molar-refractivity contribution in [3.05, 3.63) is 42.6 Å². The van der Waals surface area contributed by atoms with Crippen molar-refractivity contribution in [3.63, 3.8) is 0 Å². The fourth-order valence-electron chi connectivity index (χ4n) is 2.28. The smallest absolute Gasteiger partial charge is 0.344 e. The molecule has 0 fully saturated rings. The highest BCUT2D eigenvalue weighted by molar-refractivity contribution is 5.93. The van der Waals surface area contributed by atoms with Crippen LogP contribution in [-0.2, 0) is 14.3 Å². The third-order valence-corrected chi connectivity index (χ3v) is 3.37. The summed E-state index contributed by atoms with van der Waals surface area (Å²) in [7, 11) is 0. The van der Waals surface area contributed by atoms with Crippen LogP contribution in [0.1, 0.15) is 20.3 Å². The van der Waals surface area contributed by atoms with Gasteiger partial charge in [-0.2, -0.15) is 0 Å². The molecule has 138 valence electrons. The number of nitrogens with zero attached hydrogens (tertiary/aromatic N) is 1. The van der Waals surface area contributed by atoms with Crippen LogP contribution in [0.3, 0.4) is 0 Å². The number of carbonyl (C=O) groups excluding carboxylic acids is 2. The number of rotatable bonds is 8. The average molecular weight is 357 g/mol. The van der Waals surface area contributed by atoms with Gasteiger partial charge in [0, 0.05) is 24.2 Å². The van der Waals surface area contributed by atoms with Crippen LogP contribution in [0.4, 0.5) is 5.69 Å². The zero-order valence-electron chi connectivity index (χ0n) is 14.9. The summed E-state index contributed by atoms with van der Waals surface area (Å²) in [6.07, 6.45) is 1.86. The van der Waals surface area contributed by atoms with Crippen LogP contribution >= 0.6 is 0 Å². The van der Waals surface area contributed by atoms with Gasteiger partial charge in [-0.1, -0.05) is 6.07 Å². The minimum atomic E-state index is -0.478. The van der Waals surface area contributed by atoms with Crippen LogP contribution in [0.25, 0.3) is 11.3 Å². The number of carbonyl (C=O) groups is 2. The molecule has 1 heterocycles. The van der Waals surface area contributed by atoms with Crippen LogP contribution in [0.5, 0.6) is 5.75 Å². The zero-order valence-corrected chi connectivity index (χ0v) is 14.9. The van der Waals surface area contributed by atoms with E-state index in [1.807, 2.05) is 24.3 Å². The predicted molar refractivity (Wildman–Crippen MR) is 98.7 cm³/mol. The van der Waals surface area contributed by atoms with E-state index in [1.54, 1.807) is 32.2 Å². The Morgan fingerprint density at radius 3 is 2.73 bits per heavy atom. The van der Waals surface area contributed by atoms with E-state index in [0.29, 0.717) is 11.4 Å². The molecule has 0 radical (unpaired) electrons. The topological polar surface area (TPSA) is 104 Å². The molecule has 1 aromatic heterocycles. The Kier molecular flexibility index (Phi) is 7.11. The van der Waals surface area contributed by atoms with Crippen LogP contribution in [0.15, 0.2) is 42.6 Å². The van der Waals surface area contributed by atoms with E-state index in [-0.39, 0.29) is 31.6 Å². The molecule has 7 nitrogen and oxygen atoms in total. The highest BCUT2D eigenvalue weighted by atomic mass is 16.6. The molecule has 1 unspecified atom stereocenters. The second-order valence-corrected chi connectivity index (χ2v) is 5.75. The number of nitrogens with two attached hydrogens (primary N) is 1. The third kappa shape index (κ3) is 5.86. The Bertz CT molecular complexity index is 748. The van der Waals surface area contributed by atoms with Gasteiger partial charge in [-0.15, -0.1) is 0 Å². The first kappa shape index (κ1) is 19.4. The molecule has 2 rings (SSSR count). The molecule has 1 aromatic carbocycles. The first-order valence-electron chi connectivity index (χ1n) is 8.39. The van der Waals surface area contributed by atoms with Gasteiger partial charge in [0.2, 0.25) is 5.91 Å². The minimum Gasteiger partial charge on any atom is -0.480 e. The fourth-order valence-corrected chi connectivity index (χ4v) is 2.28. The molecule has 0 aliphatic carbocycles. The van der Waals surface area contributed by atoms with E-state index < -0.39 is 5.97 Å². The number of pyridine rings is 1. The molecule has 26 heavy (non-hydrogen) atoms. The van der Waals surface area contributed by atoms with Crippen molar-refractivity contribution >= 4 is 17.6 Å². The van der Waals surface area contributed by atoms with Crippen molar-refractivity contribution in [2.45, 2.75) is 26.3 Å². The first-order chi connectivity index (χ1) is 12.5. The summed E-state index contributed by atoms with van der Waals surface area (Å²) in [6.45, 7) is 3.51. The molecule has 7 heteroatoms. The number of esters is 1. The second kappa shape index (κ2) is 9.53. The third-order valence-electron chi connectivity index (χ3n) is 3.37. The largest absolute Gasteiger partial charge is 0.480 e. The standard InChI is InChI=1S/C19H23N3O4/c1-3-25-19(24)12-26-17-8-7-14(15-6-4-5-9-21-15)11-16(17)22-18(23)10-13(2)20/h4-9,11,13H,3,10,12,20H2,1-2H3,(H,22,23). The van der Waals surface area contributed by atoms with Crippen molar-refractivity contribution in [1.82, 2.24) is 4.98 Å². The molecule has 1 amide bonds. The normalized spacial score (nSPS) is 11.5. The van der Waals surface area contributed by atoms with Gasteiger partial charge in [0.05, 0.1) is 18.0 Å². The Labute approximate surface area is 152 Å². The molecular weight excluding hydrogens is 334 g/mol. The summed E-state index contributed by atoms with van der Waals surface area (Å²) in [4.78, 5) is 27.9. The molecule has 0 saturated carbocycles. The van der Waals surface area contributed by atoms with Crippen LogP contribution in [0, 0.1) is 0 Å². The Balaban J connectivity index is 2.24. The molecular formula is C19H23N3O4. The molecule has 2 aromatic rings. The first-order valence-corrected chi connectivity index (χ1v) is 8.39. The molecule has 0 aliphatic rings. The summed E-state index contributed by atoms with van der Waals surface area (Å²) >= 11 is 0. The monoisotopic (exact) mass is 357 g/mol. The van der Waals surface area contributed by atoms with Gasteiger partial charge >= 0.3 is 5.97 Å². The van der Waals surface area contributed by atoms with E-state index in [4.69, 9.17) is 15.2 Å². The minimum absolute atomic E-state index is 0.172. The van der Waals surface area contributed by atoms with Gasteiger partial charge in [0.25, 0.3) is 0 Å². The summed E-state index contributed by atoms with van der Waals surface area (Å²) in [6, 6.07) is 10.5. The maximum Gasteiger partial charge on any atom is 0.344 e. The molecule has 0 aliphatic heterocycles. The number of amides is 1. The van der Waals surface area contributed by atoms with Gasteiger partial charge in [0.15, 0.2) is 6.61 Å². The van der Waals surface area contributed by atoms with Gasteiger partial charge in [-0.25, -0.2) is 4.79 Å². The SMILES string of the molecule is CCOC(=O)COc1ccc(-c2ccccn2)cc1NC(=O)CC(C)N. The van der Waals surface area contributed by atoms with Crippen LogP contribution < -0.4 is 15.8 Å². The quantitative estimate of drug-likeness (QED) is 0.703. The van der Waals surface area contributed by atoms with E-state index in [1.165, 1.54) is 0 Å². The number of aromatic nitrogens is 1. The summed E-state index contributed by atoms with van der Waals surface area (Å²) in [5, 5.41) is 2.78. The van der Waals surface area contributed by atoms with E-state index in [2.05, 4.69) is 10.3 Å². The van der Waals surface area contributed by atoms with Crippen molar-refractivity contribution < 1.29 is 19.1 Å². The molecule has 1 atom stereocenters. The summed E-state index contributed by atoms with van der Waals surface area (Å²) in [5.74, 6) is -0.343. The van der Waals surface area contributed by atoms with Crippen molar-refractivity contribution in [3.8, 4) is 17.0 Å². The van der Waals surface area contributed by atoms with E-state index in [0.717, 1.165) is 11.3 Å². The highest BCUT2D eigenvalue weighted by Gasteiger charge is 2.13. The van der Waals surface area contributed by atoms with Crippen molar-refractivity contribution in [2.75, 3.05) is 18.5 Å². The fraction of sp³-hybridized carbons (Fsp3) is 0.316. The maximum atomic E-state index is 12.1. The Hall–Kier alpha value is -2.93. The number of hydrogen-bond donors (Lipinski definition) is 2. The second-order valence-electron chi connectivity index (χ2n) is 5.75. The molecule has 3 N–H and O–H groups in total. The average Bonchev–Trinajstić information content (AvgIpc) is 2.61. The van der Waals surface area contributed by atoms with Gasteiger partial charge < -0.3 is 20.5 Å². The zero-order chi connectivity index (χ0) is 18.9. The van der Waals surface area contributed by atoms with Crippen LogP contribution in [0.2, 0.25) is 0 Å². The lowest BCUT2D eigenvalue weighted by molar-refractivity contribution is -0.145. The summed E-state index contributed by atoms with van der Waals surface area (Å²) < 4.78 is 10.4. The van der Waals surface area contributed by atoms with E-state index in [9.17, 15) is 9.59 Å². The lowest BCUT2D eigenvalue weighted by Crippen LogP contribution is -2.24. The maximum absolute atomic E-state index is 12.1. The highest BCUT2D eigenvalue weighted by Crippen LogP contribution is 2.30. The van der Waals surface area contributed by atoms with Gasteiger partial charge in [0.1, 0.15) is 5.75 Å². The number of hydrogen-bond acceptors (Lipinski definition) is 6. The predicted octanol–water partition coefficient (Wildman–Crippen LogP) is 2.37. The van der Waals surface area contributed by atoms with E-state index >= 15 is 0 Å². The number of nitrogens with one attached hydrogen (secondary N) is 1. The van der Waals surface area contributed by atoms with Crippen LogP contribution in [-0.4, -0.2) is 36.1 Å². The van der Waals surface area contributed by atoms with Crippen molar-refractivity contribution in [2.24, 2.45) is 5.73 Å².